The summed E-state index contributed by atoms with van der Waals surface area (Å²) in [5.41, 5.74) is 1.36. The Hall–Kier alpha value is -2.08. The van der Waals surface area contributed by atoms with E-state index in [-0.39, 0.29) is 11.9 Å². The van der Waals surface area contributed by atoms with Gasteiger partial charge < -0.3 is 19.6 Å². The van der Waals surface area contributed by atoms with Crippen molar-refractivity contribution in [3.05, 3.63) is 35.9 Å². The van der Waals surface area contributed by atoms with Crippen molar-refractivity contribution in [2.45, 2.75) is 38.1 Å². The van der Waals surface area contributed by atoms with Crippen molar-refractivity contribution in [1.82, 2.24) is 19.6 Å². The van der Waals surface area contributed by atoms with Crippen molar-refractivity contribution in [3.63, 3.8) is 0 Å². The van der Waals surface area contributed by atoms with Crippen molar-refractivity contribution in [3.8, 4) is 0 Å². The summed E-state index contributed by atoms with van der Waals surface area (Å²) in [4.78, 5) is 33.2. The molecule has 3 amide bonds. The fourth-order valence-corrected chi connectivity index (χ4v) is 4.51. The van der Waals surface area contributed by atoms with Crippen molar-refractivity contribution in [2.75, 3.05) is 53.9 Å². The lowest BCUT2D eigenvalue weighted by atomic mass is 9.93. The van der Waals surface area contributed by atoms with Gasteiger partial charge in [-0.1, -0.05) is 30.3 Å². The van der Waals surface area contributed by atoms with E-state index in [1.165, 1.54) is 5.56 Å². The Labute approximate surface area is 175 Å². The zero-order valence-electron chi connectivity index (χ0n) is 18.2. The van der Waals surface area contributed by atoms with Gasteiger partial charge >= 0.3 is 6.03 Å². The molecule has 0 bridgehead atoms. The van der Waals surface area contributed by atoms with Crippen molar-refractivity contribution < 1.29 is 9.59 Å². The van der Waals surface area contributed by atoms with Crippen LogP contribution in [0.4, 0.5) is 4.79 Å². The lowest BCUT2D eigenvalue weighted by molar-refractivity contribution is -0.139. The topological polar surface area (TPSA) is 47.1 Å². The predicted molar refractivity (Wildman–Crippen MR) is 116 cm³/mol. The number of carbonyl (C=O) groups excluding carboxylic acids is 2. The van der Waals surface area contributed by atoms with E-state index < -0.39 is 0 Å². The maximum atomic E-state index is 13.1. The average Bonchev–Trinajstić information content (AvgIpc) is 2.77. The van der Waals surface area contributed by atoms with Gasteiger partial charge in [0.1, 0.15) is 0 Å². The Balaban J connectivity index is 1.47. The van der Waals surface area contributed by atoms with Gasteiger partial charge in [-0.25, -0.2) is 4.79 Å². The Morgan fingerprint density at radius 2 is 1.66 bits per heavy atom. The van der Waals surface area contributed by atoms with Crippen molar-refractivity contribution >= 4 is 11.9 Å². The van der Waals surface area contributed by atoms with Crippen LogP contribution < -0.4 is 0 Å². The van der Waals surface area contributed by atoms with Crippen LogP contribution in [0.5, 0.6) is 0 Å². The summed E-state index contributed by atoms with van der Waals surface area (Å²) in [6.07, 6.45) is 4.84. The molecule has 0 aliphatic carbocycles. The summed E-state index contributed by atoms with van der Waals surface area (Å²) in [7, 11) is 5.75. The molecule has 0 unspecified atom stereocenters. The van der Waals surface area contributed by atoms with E-state index in [4.69, 9.17) is 0 Å². The standard InChI is InChI=1S/C23H36N4O2/c1-24(2)23(29)26-16-12-20(13-17-26)22(28)27-14-7-10-21(18-27)25(3)15-11-19-8-5-4-6-9-19/h4-6,8-9,20-21H,7,10-18H2,1-3H3/t21-/m1/s1. The molecule has 0 spiro atoms. The van der Waals surface area contributed by atoms with Crippen LogP contribution in [-0.4, -0.2) is 91.4 Å². The second kappa shape index (κ2) is 10.1. The number of rotatable bonds is 5. The molecule has 1 atom stereocenters. The largest absolute Gasteiger partial charge is 0.341 e. The minimum absolute atomic E-state index is 0.0500. The molecule has 1 aromatic carbocycles. The van der Waals surface area contributed by atoms with Gasteiger partial charge in [0.2, 0.25) is 5.91 Å². The Morgan fingerprint density at radius 1 is 0.966 bits per heavy atom. The molecule has 0 aromatic heterocycles. The van der Waals surface area contributed by atoms with Gasteiger partial charge in [0, 0.05) is 58.8 Å². The number of benzene rings is 1. The summed E-state index contributed by atoms with van der Waals surface area (Å²) in [6, 6.07) is 11.1. The molecular weight excluding hydrogens is 364 g/mol. The molecule has 2 heterocycles. The molecule has 2 fully saturated rings. The van der Waals surface area contributed by atoms with E-state index in [2.05, 4.69) is 47.2 Å². The number of nitrogens with zero attached hydrogens (tertiary/aromatic N) is 4. The Morgan fingerprint density at radius 3 is 2.31 bits per heavy atom. The third-order valence-electron chi connectivity index (χ3n) is 6.42. The second-order valence-electron chi connectivity index (χ2n) is 8.73. The molecule has 6 heteroatoms. The average molecular weight is 401 g/mol. The lowest BCUT2D eigenvalue weighted by Gasteiger charge is -2.40. The zero-order valence-corrected chi connectivity index (χ0v) is 18.2. The molecule has 29 heavy (non-hydrogen) atoms. The van der Waals surface area contributed by atoms with Gasteiger partial charge in [-0.05, 0) is 44.7 Å². The lowest BCUT2D eigenvalue weighted by Crippen LogP contribution is -2.52. The van der Waals surface area contributed by atoms with Crippen LogP contribution in [0.2, 0.25) is 0 Å². The highest BCUT2D eigenvalue weighted by molar-refractivity contribution is 5.80. The normalized spacial score (nSPS) is 20.8. The first-order valence-electron chi connectivity index (χ1n) is 10.9. The highest BCUT2D eigenvalue weighted by atomic mass is 16.2. The van der Waals surface area contributed by atoms with Crippen LogP contribution in [0, 0.1) is 5.92 Å². The fourth-order valence-electron chi connectivity index (χ4n) is 4.51. The number of likely N-dealkylation sites (N-methyl/N-ethyl adjacent to an activating group) is 1. The van der Waals surface area contributed by atoms with Crippen LogP contribution in [0.25, 0.3) is 0 Å². The molecular formula is C23H36N4O2. The van der Waals surface area contributed by atoms with Crippen molar-refractivity contribution in [2.24, 2.45) is 5.92 Å². The monoisotopic (exact) mass is 400 g/mol. The summed E-state index contributed by atoms with van der Waals surface area (Å²) in [5.74, 6) is 0.359. The molecule has 2 saturated heterocycles. The maximum Gasteiger partial charge on any atom is 0.319 e. The maximum absolute atomic E-state index is 13.1. The summed E-state index contributed by atoms with van der Waals surface area (Å²) in [5, 5.41) is 0. The van der Waals surface area contributed by atoms with E-state index in [9.17, 15) is 9.59 Å². The smallest absolute Gasteiger partial charge is 0.319 e. The quantitative estimate of drug-likeness (QED) is 0.763. The highest BCUT2D eigenvalue weighted by Crippen LogP contribution is 2.23. The van der Waals surface area contributed by atoms with Crippen LogP contribution in [0.1, 0.15) is 31.2 Å². The van der Waals surface area contributed by atoms with Crippen LogP contribution >= 0.6 is 0 Å². The number of carbonyl (C=O) groups is 2. The second-order valence-corrected chi connectivity index (χ2v) is 8.73. The first-order valence-corrected chi connectivity index (χ1v) is 10.9. The molecule has 160 valence electrons. The predicted octanol–water partition coefficient (Wildman–Crippen LogP) is 2.55. The van der Waals surface area contributed by atoms with Gasteiger partial charge in [0.25, 0.3) is 0 Å². The first kappa shape index (κ1) is 21.6. The number of hydrogen-bond acceptors (Lipinski definition) is 3. The van der Waals surface area contributed by atoms with Gasteiger partial charge in [-0.15, -0.1) is 0 Å². The van der Waals surface area contributed by atoms with Gasteiger partial charge in [-0.3, -0.25) is 4.79 Å². The molecule has 6 nitrogen and oxygen atoms in total. The number of hydrogen-bond donors (Lipinski definition) is 0. The van der Waals surface area contributed by atoms with E-state index in [0.29, 0.717) is 25.0 Å². The van der Waals surface area contributed by atoms with E-state index >= 15 is 0 Å². The Kier molecular flexibility index (Phi) is 7.53. The molecule has 0 saturated carbocycles. The number of urea groups is 1. The van der Waals surface area contributed by atoms with E-state index in [0.717, 1.165) is 51.7 Å². The molecule has 2 aliphatic heterocycles. The van der Waals surface area contributed by atoms with Crippen LogP contribution in [0.3, 0.4) is 0 Å². The summed E-state index contributed by atoms with van der Waals surface area (Å²) < 4.78 is 0. The molecule has 0 N–H and O–H groups in total. The molecule has 2 aliphatic rings. The summed E-state index contributed by atoms with van der Waals surface area (Å²) >= 11 is 0. The highest BCUT2D eigenvalue weighted by Gasteiger charge is 2.33. The first-order chi connectivity index (χ1) is 14.0. The van der Waals surface area contributed by atoms with Crippen LogP contribution in [-0.2, 0) is 11.2 Å². The number of likely N-dealkylation sites (tertiary alicyclic amines) is 2. The molecule has 0 radical (unpaired) electrons. The van der Waals surface area contributed by atoms with E-state index in [1.807, 2.05) is 4.90 Å². The van der Waals surface area contributed by atoms with Crippen molar-refractivity contribution in [1.29, 1.82) is 0 Å². The third kappa shape index (κ3) is 5.72. The fraction of sp³-hybridized carbons (Fsp3) is 0.652. The van der Waals surface area contributed by atoms with Gasteiger partial charge in [-0.2, -0.15) is 0 Å². The van der Waals surface area contributed by atoms with Gasteiger partial charge in [0.15, 0.2) is 0 Å². The van der Waals surface area contributed by atoms with Crippen LogP contribution in [0.15, 0.2) is 30.3 Å². The summed E-state index contributed by atoms with van der Waals surface area (Å²) in [6.45, 7) is 4.09. The van der Waals surface area contributed by atoms with E-state index in [1.54, 1.807) is 19.0 Å². The number of amides is 3. The Bertz CT molecular complexity index is 671. The zero-order chi connectivity index (χ0) is 20.8. The van der Waals surface area contributed by atoms with Gasteiger partial charge in [0.05, 0.1) is 0 Å². The minimum Gasteiger partial charge on any atom is -0.341 e. The molecule has 3 rings (SSSR count). The third-order valence-corrected chi connectivity index (χ3v) is 6.42. The molecule has 1 aromatic rings. The SMILES string of the molecule is CN(C)C(=O)N1CCC(C(=O)N2CCC[C@@H](N(C)CCc3ccccc3)C2)CC1. The number of piperidine rings is 2. The minimum atomic E-state index is 0.0500.